The number of hydrogen-bond acceptors (Lipinski definition) is 4. The van der Waals surface area contributed by atoms with Crippen LogP contribution in [0.2, 0.25) is 0 Å². The zero-order chi connectivity index (χ0) is 12.1. The fraction of sp³-hybridized carbons (Fsp3) is 0.615. The molecular weight excluding hydrogens is 216 g/mol. The van der Waals surface area contributed by atoms with Gasteiger partial charge in [-0.05, 0) is 31.9 Å². The van der Waals surface area contributed by atoms with Crippen molar-refractivity contribution in [3.8, 4) is 11.6 Å². The Balaban J connectivity index is 1.98. The Labute approximate surface area is 102 Å². The fourth-order valence-electron chi connectivity index (χ4n) is 2.19. The summed E-state index contributed by atoms with van der Waals surface area (Å²) in [6.45, 7) is 3.07. The molecule has 2 N–H and O–H groups in total. The lowest BCUT2D eigenvalue weighted by Crippen LogP contribution is -2.42. The predicted octanol–water partition coefficient (Wildman–Crippen LogP) is 2.13. The minimum Gasteiger partial charge on any atom is -0.488 e. The number of aromatic nitrogens is 1. The molecule has 4 nitrogen and oxygen atoms in total. The first kappa shape index (κ1) is 12.2. The van der Waals surface area contributed by atoms with E-state index >= 15 is 0 Å². The van der Waals surface area contributed by atoms with E-state index in [4.69, 9.17) is 15.2 Å². The first-order chi connectivity index (χ1) is 8.23. The highest BCUT2D eigenvalue weighted by Crippen LogP contribution is 2.29. The van der Waals surface area contributed by atoms with Crippen LogP contribution in [-0.2, 0) is 0 Å². The van der Waals surface area contributed by atoms with Gasteiger partial charge >= 0.3 is 0 Å². The number of hydrogen-bond donors (Lipinski definition) is 1. The molecule has 0 spiro atoms. The molecule has 1 saturated carbocycles. The van der Waals surface area contributed by atoms with E-state index in [0.717, 1.165) is 12.8 Å². The lowest BCUT2D eigenvalue weighted by Gasteiger charge is -2.23. The molecule has 17 heavy (non-hydrogen) atoms. The molecule has 0 amide bonds. The summed E-state index contributed by atoms with van der Waals surface area (Å²) in [4.78, 5) is 4.19. The fourth-order valence-corrected chi connectivity index (χ4v) is 2.19. The zero-order valence-electron chi connectivity index (χ0n) is 10.3. The third-order valence-corrected chi connectivity index (χ3v) is 3.13. The van der Waals surface area contributed by atoms with Crippen molar-refractivity contribution in [2.24, 2.45) is 5.73 Å². The van der Waals surface area contributed by atoms with Gasteiger partial charge < -0.3 is 15.2 Å². The molecule has 1 aromatic heterocycles. The van der Waals surface area contributed by atoms with Crippen LogP contribution in [0.25, 0.3) is 0 Å². The highest BCUT2D eigenvalue weighted by atomic mass is 16.5. The molecule has 0 aromatic carbocycles. The maximum atomic E-state index is 6.24. The quantitative estimate of drug-likeness (QED) is 0.851. The second-order valence-electron chi connectivity index (χ2n) is 4.60. The summed E-state index contributed by atoms with van der Waals surface area (Å²) >= 11 is 0. The summed E-state index contributed by atoms with van der Waals surface area (Å²) in [6, 6.07) is 3.70. The highest BCUT2D eigenvalue weighted by molar-refractivity contribution is 5.32. The maximum absolute atomic E-state index is 6.24. The SMILES string of the molecule is CCOc1cccnc1OCC1(N)CCCC1. The average molecular weight is 236 g/mol. The molecule has 0 atom stereocenters. The van der Waals surface area contributed by atoms with E-state index in [1.807, 2.05) is 19.1 Å². The van der Waals surface area contributed by atoms with Crippen molar-refractivity contribution in [2.45, 2.75) is 38.1 Å². The van der Waals surface area contributed by atoms with E-state index < -0.39 is 0 Å². The summed E-state index contributed by atoms with van der Waals surface area (Å²) in [5.41, 5.74) is 6.06. The molecule has 0 unspecified atom stereocenters. The molecule has 94 valence electrons. The van der Waals surface area contributed by atoms with Crippen molar-refractivity contribution < 1.29 is 9.47 Å². The van der Waals surface area contributed by atoms with Crippen LogP contribution in [0.1, 0.15) is 32.6 Å². The largest absolute Gasteiger partial charge is 0.488 e. The Morgan fingerprint density at radius 1 is 1.35 bits per heavy atom. The molecule has 2 rings (SSSR count). The molecule has 1 fully saturated rings. The van der Waals surface area contributed by atoms with Crippen LogP contribution in [0.3, 0.4) is 0 Å². The van der Waals surface area contributed by atoms with E-state index in [0.29, 0.717) is 24.8 Å². The zero-order valence-corrected chi connectivity index (χ0v) is 10.3. The van der Waals surface area contributed by atoms with Gasteiger partial charge in [0, 0.05) is 6.20 Å². The van der Waals surface area contributed by atoms with Gasteiger partial charge in [0.25, 0.3) is 5.88 Å². The second-order valence-corrected chi connectivity index (χ2v) is 4.60. The lowest BCUT2D eigenvalue weighted by molar-refractivity contribution is 0.201. The molecule has 1 aliphatic carbocycles. The summed E-state index contributed by atoms with van der Waals surface area (Å²) in [5, 5.41) is 0. The summed E-state index contributed by atoms with van der Waals surface area (Å²) in [6.07, 6.45) is 6.16. The van der Waals surface area contributed by atoms with Gasteiger partial charge in [-0.1, -0.05) is 12.8 Å². The van der Waals surface area contributed by atoms with Crippen molar-refractivity contribution in [3.05, 3.63) is 18.3 Å². The van der Waals surface area contributed by atoms with Gasteiger partial charge in [0.15, 0.2) is 5.75 Å². The topological polar surface area (TPSA) is 57.4 Å². The lowest BCUT2D eigenvalue weighted by atomic mass is 10.0. The summed E-state index contributed by atoms with van der Waals surface area (Å²) in [5.74, 6) is 1.24. The number of nitrogens with two attached hydrogens (primary N) is 1. The Kier molecular flexibility index (Phi) is 3.84. The van der Waals surface area contributed by atoms with Crippen LogP contribution in [0.5, 0.6) is 11.6 Å². The Morgan fingerprint density at radius 2 is 2.12 bits per heavy atom. The second kappa shape index (κ2) is 5.36. The number of ether oxygens (including phenoxy) is 2. The van der Waals surface area contributed by atoms with Gasteiger partial charge in [0.05, 0.1) is 12.1 Å². The predicted molar refractivity (Wildman–Crippen MR) is 66.3 cm³/mol. The third-order valence-electron chi connectivity index (χ3n) is 3.13. The van der Waals surface area contributed by atoms with Gasteiger partial charge in [0.2, 0.25) is 0 Å². The maximum Gasteiger partial charge on any atom is 0.257 e. The first-order valence-electron chi connectivity index (χ1n) is 6.23. The van der Waals surface area contributed by atoms with Gasteiger partial charge in [-0.15, -0.1) is 0 Å². The molecule has 1 aromatic rings. The van der Waals surface area contributed by atoms with Crippen LogP contribution in [-0.4, -0.2) is 23.7 Å². The Bertz CT molecular complexity index is 362. The number of pyridine rings is 1. The van der Waals surface area contributed by atoms with Crippen molar-refractivity contribution in [1.29, 1.82) is 0 Å². The van der Waals surface area contributed by atoms with Crippen molar-refractivity contribution in [2.75, 3.05) is 13.2 Å². The molecule has 0 aliphatic heterocycles. The van der Waals surface area contributed by atoms with E-state index in [1.54, 1.807) is 6.20 Å². The number of nitrogens with zero attached hydrogens (tertiary/aromatic N) is 1. The van der Waals surface area contributed by atoms with Gasteiger partial charge in [-0.2, -0.15) is 0 Å². The van der Waals surface area contributed by atoms with Crippen molar-refractivity contribution >= 4 is 0 Å². The van der Waals surface area contributed by atoms with Crippen LogP contribution in [0.15, 0.2) is 18.3 Å². The van der Waals surface area contributed by atoms with Crippen LogP contribution >= 0.6 is 0 Å². The van der Waals surface area contributed by atoms with E-state index in [-0.39, 0.29) is 5.54 Å². The molecule has 0 bridgehead atoms. The van der Waals surface area contributed by atoms with E-state index in [2.05, 4.69) is 4.98 Å². The van der Waals surface area contributed by atoms with Crippen molar-refractivity contribution in [3.63, 3.8) is 0 Å². The Morgan fingerprint density at radius 3 is 2.82 bits per heavy atom. The monoisotopic (exact) mass is 236 g/mol. The van der Waals surface area contributed by atoms with Gasteiger partial charge in [-0.3, -0.25) is 0 Å². The average Bonchev–Trinajstić information content (AvgIpc) is 2.76. The molecule has 0 saturated heterocycles. The first-order valence-corrected chi connectivity index (χ1v) is 6.23. The smallest absolute Gasteiger partial charge is 0.257 e. The minimum absolute atomic E-state index is 0.180. The van der Waals surface area contributed by atoms with Gasteiger partial charge in [-0.25, -0.2) is 4.98 Å². The third kappa shape index (κ3) is 3.09. The molecular formula is C13H20N2O2. The summed E-state index contributed by atoms with van der Waals surface area (Å²) in [7, 11) is 0. The number of rotatable bonds is 5. The highest BCUT2D eigenvalue weighted by Gasteiger charge is 2.30. The van der Waals surface area contributed by atoms with Crippen LogP contribution < -0.4 is 15.2 Å². The molecule has 1 heterocycles. The Hall–Kier alpha value is -1.29. The molecule has 0 radical (unpaired) electrons. The normalized spacial score (nSPS) is 18.0. The van der Waals surface area contributed by atoms with Crippen molar-refractivity contribution in [1.82, 2.24) is 4.98 Å². The minimum atomic E-state index is -0.180. The van der Waals surface area contributed by atoms with Gasteiger partial charge in [0.1, 0.15) is 6.61 Å². The van der Waals surface area contributed by atoms with E-state index in [1.165, 1.54) is 12.8 Å². The molecule has 1 aliphatic rings. The summed E-state index contributed by atoms with van der Waals surface area (Å²) < 4.78 is 11.2. The molecule has 4 heteroatoms. The van der Waals surface area contributed by atoms with Crippen LogP contribution in [0, 0.1) is 0 Å². The van der Waals surface area contributed by atoms with E-state index in [9.17, 15) is 0 Å². The standard InChI is InChI=1S/C13H20N2O2/c1-2-16-11-6-5-9-15-12(11)17-10-13(14)7-3-4-8-13/h5-6,9H,2-4,7-8,10,14H2,1H3. The van der Waals surface area contributed by atoms with Crippen LogP contribution in [0.4, 0.5) is 0 Å².